The minimum atomic E-state index is -1.12. The molecule has 1 aromatic carbocycles. The van der Waals surface area contributed by atoms with E-state index in [4.69, 9.17) is 4.74 Å². The molecule has 2 rings (SSSR count). The predicted molar refractivity (Wildman–Crippen MR) is 100 cm³/mol. The van der Waals surface area contributed by atoms with Crippen LogP contribution in [-0.2, 0) is 20.7 Å². The number of ether oxygens (including phenoxy) is 1. The van der Waals surface area contributed by atoms with E-state index in [1.54, 1.807) is 27.0 Å². The molecule has 146 valence electrons. The lowest BCUT2D eigenvalue weighted by Crippen LogP contribution is -2.48. The number of aromatic nitrogens is 1. The van der Waals surface area contributed by atoms with Crippen molar-refractivity contribution in [2.45, 2.75) is 38.8 Å². The van der Waals surface area contributed by atoms with E-state index in [1.807, 2.05) is 24.3 Å². The number of carbonyl (C=O) groups is 3. The third kappa shape index (κ3) is 5.47. The number of hydrogen-bond acceptors (Lipinski definition) is 4. The smallest absolute Gasteiger partial charge is 0.408 e. The minimum Gasteiger partial charge on any atom is -0.480 e. The number of H-pyrrole nitrogens is 1. The molecule has 3 N–H and O–H groups in total. The summed E-state index contributed by atoms with van der Waals surface area (Å²) in [6.07, 6.45) is 1.17. The Morgan fingerprint density at radius 2 is 1.93 bits per heavy atom. The van der Waals surface area contributed by atoms with Gasteiger partial charge in [-0.2, -0.15) is 0 Å². The summed E-state index contributed by atoms with van der Waals surface area (Å²) in [5.74, 6) is -1.64. The lowest BCUT2D eigenvalue weighted by atomic mass is 10.0. The molecule has 0 aliphatic heterocycles. The summed E-state index contributed by atoms with van der Waals surface area (Å²) in [6, 6.07) is 6.49. The van der Waals surface area contributed by atoms with Crippen LogP contribution in [0.5, 0.6) is 0 Å². The second-order valence-electron chi connectivity index (χ2n) is 7.28. The van der Waals surface area contributed by atoms with Gasteiger partial charge < -0.3 is 25.0 Å². The molecule has 1 atom stereocenters. The average Bonchev–Trinajstić information content (AvgIpc) is 2.98. The number of aliphatic carboxylic acids is 1. The normalized spacial score (nSPS) is 12.4. The highest BCUT2D eigenvalue weighted by molar-refractivity contribution is 5.88. The summed E-state index contributed by atoms with van der Waals surface area (Å²) >= 11 is 0. The minimum absolute atomic E-state index is 0.147. The third-order valence-corrected chi connectivity index (χ3v) is 4.02. The molecule has 27 heavy (non-hydrogen) atoms. The lowest BCUT2D eigenvalue weighted by molar-refractivity contribution is -0.148. The Hall–Kier alpha value is -3.03. The van der Waals surface area contributed by atoms with Crippen LogP contribution in [0.4, 0.5) is 4.79 Å². The molecule has 0 radical (unpaired) electrons. The molecule has 0 aliphatic carbocycles. The molecular formula is C19H25N3O5. The molecule has 1 aromatic heterocycles. The van der Waals surface area contributed by atoms with Gasteiger partial charge in [-0.05, 0) is 32.4 Å². The predicted octanol–water partition coefficient (Wildman–Crippen LogP) is 2.15. The molecule has 0 bridgehead atoms. The molecule has 0 saturated carbocycles. The molecule has 2 aromatic rings. The van der Waals surface area contributed by atoms with E-state index in [0.717, 1.165) is 21.4 Å². The van der Waals surface area contributed by atoms with Crippen LogP contribution in [0.1, 0.15) is 26.3 Å². The van der Waals surface area contributed by atoms with Crippen LogP contribution in [0.3, 0.4) is 0 Å². The van der Waals surface area contributed by atoms with Gasteiger partial charge in [-0.3, -0.25) is 4.79 Å². The molecule has 1 unspecified atom stereocenters. The lowest BCUT2D eigenvalue weighted by Gasteiger charge is -2.25. The Bertz CT molecular complexity index is 837. The average molecular weight is 375 g/mol. The van der Waals surface area contributed by atoms with E-state index in [0.29, 0.717) is 0 Å². The summed E-state index contributed by atoms with van der Waals surface area (Å²) in [6.45, 7) is 4.79. The van der Waals surface area contributed by atoms with Gasteiger partial charge in [0.25, 0.3) is 0 Å². The largest absolute Gasteiger partial charge is 0.480 e. The molecule has 0 aliphatic rings. The van der Waals surface area contributed by atoms with E-state index >= 15 is 0 Å². The topological polar surface area (TPSA) is 112 Å². The number of alkyl carbamates (subject to hydrolysis) is 1. The van der Waals surface area contributed by atoms with Gasteiger partial charge in [0.1, 0.15) is 18.2 Å². The molecule has 2 amide bonds. The van der Waals surface area contributed by atoms with E-state index in [9.17, 15) is 19.5 Å². The molecule has 8 nitrogen and oxygen atoms in total. The molecule has 1 heterocycles. The molecule has 0 spiro atoms. The van der Waals surface area contributed by atoms with Gasteiger partial charge in [-0.25, -0.2) is 9.59 Å². The van der Waals surface area contributed by atoms with E-state index < -0.39 is 29.6 Å². The van der Waals surface area contributed by atoms with Crippen LogP contribution in [0.15, 0.2) is 30.5 Å². The number of amides is 2. The maximum atomic E-state index is 12.3. The number of nitrogens with zero attached hydrogens (tertiary/aromatic N) is 1. The first-order chi connectivity index (χ1) is 12.6. The first kappa shape index (κ1) is 20.3. The van der Waals surface area contributed by atoms with Gasteiger partial charge >= 0.3 is 12.1 Å². The number of rotatable bonds is 6. The van der Waals surface area contributed by atoms with Crippen molar-refractivity contribution < 1.29 is 24.2 Å². The SMILES string of the molecule is CN(C(=O)CNC(=O)OC(C)(C)C)C(Cc1c[nH]c2ccccc12)C(=O)O. The monoisotopic (exact) mass is 375 g/mol. The fourth-order valence-electron chi connectivity index (χ4n) is 2.66. The molecule has 8 heteroatoms. The van der Waals surface area contributed by atoms with Crippen molar-refractivity contribution in [2.24, 2.45) is 0 Å². The summed E-state index contributed by atoms with van der Waals surface area (Å²) < 4.78 is 5.07. The number of aromatic amines is 1. The summed E-state index contributed by atoms with van der Waals surface area (Å²) in [5.41, 5.74) is 1.02. The first-order valence-corrected chi connectivity index (χ1v) is 8.59. The number of carboxylic acid groups (broad SMARTS) is 1. The van der Waals surface area contributed by atoms with E-state index in [2.05, 4.69) is 10.3 Å². The number of hydrogen-bond donors (Lipinski definition) is 3. The van der Waals surface area contributed by atoms with Crippen molar-refractivity contribution in [1.29, 1.82) is 0 Å². The maximum Gasteiger partial charge on any atom is 0.408 e. The molecule has 0 saturated heterocycles. The maximum absolute atomic E-state index is 12.3. The van der Waals surface area contributed by atoms with Crippen molar-refractivity contribution in [3.63, 3.8) is 0 Å². The number of para-hydroxylation sites is 1. The van der Waals surface area contributed by atoms with Crippen molar-refractivity contribution in [3.8, 4) is 0 Å². The fourth-order valence-corrected chi connectivity index (χ4v) is 2.66. The van der Waals surface area contributed by atoms with Gasteiger partial charge in [0, 0.05) is 30.6 Å². The standard InChI is InChI=1S/C19H25N3O5/c1-19(2,3)27-18(26)21-11-16(23)22(4)15(17(24)25)9-12-10-20-14-8-6-5-7-13(12)14/h5-8,10,15,20H,9,11H2,1-4H3,(H,21,26)(H,24,25). The van der Waals surface area contributed by atoms with Crippen molar-refractivity contribution in [2.75, 3.05) is 13.6 Å². The Kier molecular flexibility index (Phi) is 6.09. The van der Waals surface area contributed by atoms with Gasteiger partial charge in [-0.1, -0.05) is 18.2 Å². The summed E-state index contributed by atoms with van der Waals surface area (Å²) in [4.78, 5) is 39.9. The number of carbonyl (C=O) groups excluding carboxylic acids is 2. The quantitative estimate of drug-likeness (QED) is 0.716. The number of likely N-dealkylation sites (N-methyl/N-ethyl adjacent to an activating group) is 1. The molecular weight excluding hydrogens is 350 g/mol. The second kappa shape index (κ2) is 8.11. The van der Waals surface area contributed by atoms with Gasteiger partial charge in [-0.15, -0.1) is 0 Å². The highest BCUT2D eigenvalue weighted by Gasteiger charge is 2.28. The zero-order valence-electron chi connectivity index (χ0n) is 15.9. The van der Waals surface area contributed by atoms with Crippen LogP contribution in [0.2, 0.25) is 0 Å². The third-order valence-electron chi connectivity index (χ3n) is 4.02. The molecule has 0 fully saturated rings. The Balaban J connectivity index is 2.04. The number of benzene rings is 1. The second-order valence-corrected chi connectivity index (χ2v) is 7.28. The number of nitrogens with one attached hydrogen (secondary N) is 2. The summed E-state index contributed by atoms with van der Waals surface area (Å²) in [5, 5.41) is 12.8. The van der Waals surface area contributed by atoms with Crippen LogP contribution in [0, 0.1) is 0 Å². The zero-order valence-corrected chi connectivity index (χ0v) is 15.9. The number of carboxylic acids is 1. The number of fused-ring (bicyclic) bond motifs is 1. The Morgan fingerprint density at radius 1 is 1.26 bits per heavy atom. The Labute approximate surface area is 157 Å². The first-order valence-electron chi connectivity index (χ1n) is 8.59. The Morgan fingerprint density at radius 3 is 2.56 bits per heavy atom. The van der Waals surface area contributed by atoms with Crippen LogP contribution in [0.25, 0.3) is 10.9 Å². The van der Waals surface area contributed by atoms with E-state index in [-0.39, 0.29) is 13.0 Å². The van der Waals surface area contributed by atoms with Gasteiger partial charge in [0.2, 0.25) is 5.91 Å². The van der Waals surface area contributed by atoms with Crippen molar-refractivity contribution >= 4 is 28.9 Å². The highest BCUT2D eigenvalue weighted by atomic mass is 16.6. The fraction of sp³-hybridized carbons (Fsp3) is 0.421. The van der Waals surface area contributed by atoms with Crippen LogP contribution in [-0.4, -0.2) is 58.2 Å². The van der Waals surface area contributed by atoms with Gasteiger partial charge in [0.05, 0.1) is 0 Å². The van der Waals surface area contributed by atoms with Crippen LogP contribution >= 0.6 is 0 Å². The zero-order chi connectivity index (χ0) is 20.2. The van der Waals surface area contributed by atoms with Crippen molar-refractivity contribution in [1.82, 2.24) is 15.2 Å². The highest BCUT2D eigenvalue weighted by Crippen LogP contribution is 2.20. The van der Waals surface area contributed by atoms with Crippen LogP contribution < -0.4 is 5.32 Å². The summed E-state index contributed by atoms with van der Waals surface area (Å²) in [7, 11) is 1.41. The van der Waals surface area contributed by atoms with Gasteiger partial charge in [0.15, 0.2) is 0 Å². The van der Waals surface area contributed by atoms with Crippen molar-refractivity contribution in [3.05, 3.63) is 36.0 Å². The van der Waals surface area contributed by atoms with E-state index in [1.165, 1.54) is 7.05 Å².